The van der Waals surface area contributed by atoms with E-state index in [-0.39, 0.29) is 11.6 Å². The van der Waals surface area contributed by atoms with Crippen molar-refractivity contribution in [2.24, 2.45) is 5.41 Å². The number of hydrogen-bond acceptors (Lipinski definition) is 4. The van der Waals surface area contributed by atoms with Gasteiger partial charge in [-0.3, -0.25) is 4.79 Å². The third kappa shape index (κ3) is 4.18. The molecule has 0 aliphatic carbocycles. The molecular formula is C15H29NO3. The third-order valence-corrected chi connectivity index (χ3v) is 4.35. The Kier molecular flexibility index (Phi) is 5.81. The lowest BCUT2D eigenvalue weighted by molar-refractivity contribution is -0.150. The van der Waals surface area contributed by atoms with Crippen LogP contribution in [0.15, 0.2) is 0 Å². The molecule has 0 amide bonds. The minimum absolute atomic E-state index is 0.0192. The number of methoxy groups -OCH3 is 1. The topological polar surface area (TPSA) is 47.6 Å². The zero-order valence-corrected chi connectivity index (χ0v) is 13.0. The molecule has 1 aliphatic heterocycles. The van der Waals surface area contributed by atoms with Crippen LogP contribution in [0.25, 0.3) is 0 Å². The Morgan fingerprint density at radius 1 is 1.42 bits per heavy atom. The summed E-state index contributed by atoms with van der Waals surface area (Å²) in [7, 11) is 1.44. The lowest BCUT2D eigenvalue weighted by atomic mass is 9.85. The molecule has 112 valence electrons. The van der Waals surface area contributed by atoms with Crippen LogP contribution in [0.5, 0.6) is 0 Å². The number of carbonyl (C=O) groups excluding carboxylic acids is 1. The van der Waals surface area contributed by atoms with Gasteiger partial charge in [0.2, 0.25) is 0 Å². The number of ether oxygens (including phenoxy) is 2. The van der Waals surface area contributed by atoms with Crippen LogP contribution in [-0.4, -0.2) is 37.9 Å². The highest BCUT2D eigenvalue weighted by Gasteiger charge is 2.36. The van der Waals surface area contributed by atoms with Gasteiger partial charge in [-0.1, -0.05) is 13.8 Å². The molecule has 0 aromatic rings. The standard InChI is InChI=1S/C15H29NO3/c1-6-15(7-2)10-12(8-9-19-15)16-11-14(3,4)13(17)18-5/h12,16H,6-11H2,1-5H3. The maximum atomic E-state index is 11.7. The summed E-state index contributed by atoms with van der Waals surface area (Å²) in [5.41, 5.74) is -0.459. The zero-order valence-electron chi connectivity index (χ0n) is 13.0. The van der Waals surface area contributed by atoms with Gasteiger partial charge in [0.15, 0.2) is 0 Å². The normalized spacial score (nSPS) is 23.1. The summed E-state index contributed by atoms with van der Waals surface area (Å²) in [6.45, 7) is 9.65. The second-order valence-corrected chi connectivity index (χ2v) is 6.18. The molecule has 0 aromatic carbocycles. The van der Waals surface area contributed by atoms with Crippen molar-refractivity contribution in [1.29, 1.82) is 0 Å². The van der Waals surface area contributed by atoms with E-state index in [1.54, 1.807) is 0 Å². The summed E-state index contributed by atoms with van der Waals surface area (Å²) in [5, 5.41) is 3.52. The van der Waals surface area contributed by atoms with Crippen LogP contribution in [0.3, 0.4) is 0 Å². The van der Waals surface area contributed by atoms with Gasteiger partial charge in [0.1, 0.15) is 0 Å². The Morgan fingerprint density at radius 2 is 2.05 bits per heavy atom. The monoisotopic (exact) mass is 271 g/mol. The molecule has 1 heterocycles. The van der Waals surface area contributed by atoms with Crippen molar-refractivity contribution in [1.82, 2.24) is 5.32 Å². The molecule has 0 aromatic heterocycles. The molecule has 0 bridgehead atoms. The Hall–Kier alpha value is -0.610. The Labute approximate surface area is 117 Å². The van der Waals surface area contributed by atoms with Crippen LogP contribution >= 0.6 is 0 Å². The number of carbonyl (C=O) groups is 1. The fourth-order valence-corrected chi connectivity index (χ4v) is 2.69. The Morgan fingerprint density at radius 3 is 2.58 bits per heavy atom. The Balaban J connectivity index is 2.52. The van der Waals surface area contributed by atoms with Crippen LogP contribution in [-0.2, 0) is 14.3 Å². The molecule has 19 heavy (non-hydrogen) atoms. The van der Waals surface area contributed by atoms with Gasteiger partial charge in [-0.25, -0.2) is 0 Å². The van der Waals surface area contributed by atoms with Crippen LogP contribution in [0.4, 0.5) is 0 Å². The maximum Gasteiger partial charge on any atom is 0.312 e. The van der Waals surface area contributed by atoms with E-state index in [1.165, 1.54) is 7.11 Å². The van der Waals surface area contributed by atoms with Crippen molar-refractivity contribution in [2.75, 3.05) is 20.3 Å². The minimum atomic E-state index is -0.478. The lowest BCUT2D eigenvalue weighted by Gasteiger charge is -2.41. The first kappa shape index (κ1) is 16.4. The number of esters is 1. The second-order valence-electron chi connectivity index (χ2n) is 6.18. The van der Waals surface area contributed by atoms with E-state index in [0.717, 1.165) is 32.3 Å². The molecule has 1 unspecified atom stereocenters. The first-order valence-electron chi connectivity index (χ1n) is 7.35. The van der Waals surface area contributed by atoms with Crippen molar-refractivity contribution in [3.8, 4) is 0 Å². The summed E-state index contributed by atoms with van der Waals surface area (Å²) >= 11 is 0. The van der Waals surface area contributed by atoms with Gasteiger partial charge < -0.3 is 14.8 Å². The van der Waals surface area contributed by atoms with Crippen LogP contribution in [0.1, 0.15) is 53.4 Å². The smallest absolute Gasteiger partial charge is 0.312 e. The third-order valence-electron chi connectivity index (χ3n) is 4.35. The van der Waals surface area contributed by atoms with Gasteiger partial charge in [0, 0.05) is 19.2 Å². The average Bonchev–Trinajstić information content (AvgIpc) is 2.44. The molecule has 4 heteroatoms. The molecule has 0 spiro atoms. The highest BCUT2D eigenvalue weighted by Crippen LogP contribution is 2.31. The van der Waals surface area contributed by atoms with Crippen molar-refractivity contribution in [3.63, 3.8) is 0 Å². The quantitative estimate of drug-likeness (QED) is 0.754. The fourth-order valence-electron chi connectivity index (χ4n) is 2.69. The molecule has 1 rings (SSSR count). The van der Waals surface area contributed by atoms with Crippen molar-refractivity contribution in [3.05, 3.63) is 0 Å². The molecule has 1 N–H and O–H groups in total. The second kappa shape index (κ2) is 6.71. The molecule has 0 radical (unpaired) electrons. The van der Waals surface area contributed by atoms with Crippen molar-refractivity contribution < 1.29 is 14.3 Å². The average molecular weight is 271 g/mol. The molecule has 1 aliphatic rings. The van der Waals surface area contributed by atoms with Crippen molar-refractivity contribution >= 4 is 5.97 Å². The van der Waals surface area contributed by atoms with E-state index >= 15 is 0 Å². The SMILES string of the molecule is CCC1(CC)CC(NCC(C)(C)C(=O)OC)CCO1. The van der Waals surface area contributed by atoms with E-state index in [2.05, 4.69) is 19.2 Å². The lowest BCUT2D eigenvalue weighted by Crippen LogP contribution is -2.49. The molecule has 0 saturated carbocycles. The Bertz CT molecular complexity index is 298. The van der Waals surface area contributed by atoms with E-state index < -0.39 is 5.41 Å². The van der Waals surface area contributed by atoms with E-state index in [1.807, 2.05) is 13.8 Å². The van der Waals surface area contributed by atoms with Crippen LogP contribution in [0, 0.1) is 5.41 Å². The van der Waals surface area contributed by atoms with Gasteiger partial charge in [-0.05, 0) is 39.5 Å². The van der Waals surface area contributed by atoms with Crippen molar-refractivity contribution in [2.45, 2.75) is 65.0 Å². The largest absolute Gasteiger partial charge is 0.469 e. The molecular weight excluding hydrogens is 242 g/mol. The summed E-state index contributed by atoms with van der Waals surface area (Å²) in [4.78, 5) is 11.7. The first-order chi connectivity index (χ1) is 8.89. The van der Waals surface area contributed by atoms with Gasteiger partial charge >= 0.3 is 5.97 Å². The van der Waals surface area contributed by atoms with Gasteiger partial charge in [0.25, 0.3) is 0 Å². The first-order valence-corrected chi connectivity index (χ1v) is 7.35. The van der Waals surface area contributed by atoms with Gasteiger partial charge in [-0.2, -0.15) is 0 Å². The predicted molar refractivity (Wildman–Crippen MR) is 76.1 cm³/mol. The number of nitrogens with one attached hydrogen (secondary N) is 1. The fraction of sp³-hybridized carbons (Fsp3) is 0.933. The van der Waals surface area contributed by atoms with Gasteiger partial charge in [-0.15, -0.1) is 0 Å². The van der Waals surface area contributed by atoms with Gasteiger partial charge in [0.05, 0.1) is 18.1 Å². The molecule has 1 fully saturated rings. The maximum absolute atomic E-state index is 11.7. The molecule has 1 saturated heterocycles. The summed E-state index contributed by atoms with van der Waals surface area (Å²) < 4.78 is 10.8. The summed E-state index contributed by atoms with van der Waals surface area (Å²) in [6, 6.07) is 0.428. The number of rotatable bonds is 6. The predicted octanol–water partition coefficient (Wildman–Crippen LogP) is 2.51. The zero-order chi connectivity index (χ0) is 14.5. The van der Waals surface area contributed by atoms with E-state index in [9.17, 15) is 4.79 Å². The summed E-state index contributed by atoms with van der Waals surface area (Å²) in [6.07, 6.45) is 4.13. The highest BCUT2D eigenvalue weighted by molar-refractivity contribution is 5.76. The van der Waals surface area contributed by atoms with Crippen LogP contribution in [0.2, 0.25) is 0 Å². The summed E-state index contributed by atoms with van der Waals surface area (Å²) in [5.74, 6) is -0.163. The van der Waals surface area contributed by atoms with Crippen LogP contribution < -0.4 is 5.32 Å². The van der Waals surface area contributed by atoms with E-state index in [4.69, 9.17) is 9.47 Å². The van der Waals surface area contributed by atoms with E-state index in [0.29, 0.717) is 12.6 Å². The molecule has 1 atom stereocenters. The number of hydrogen-bond donors (Lipinski definition) is 1. The minimum Gasteiger partial charge on any atom is -0.469 e. The molecule has 4 nitrogen and oxygen atoms in total. The highest BCUT2D eigenvalue weighted by atomic mass is 16.5.